The Balaban J connectivity index is 2.34. The molecule has 0 aliphatic rings. The van der Waals surface area contributed by atoms with Gasteiger partial charge in [-0.05, 0) is 36.2 Å². The van der Waals surface area contributed by atoms with Crippen molar-refractivity contribution in [3.63, 3.8) is 0 Å². The second-order valence-electron chi connectivity index (χ2n) is 3.67. The summed E-state index contributed by atoms with van der Waals surface area (Å²) in [6.45, 7) is 1.69. The number of benzene rings is 1. The fourth-order valence-corrected chi connectivity index (χ4v) is 1.49. The molecule has 1 aromatic carbocycles. The van der Waals surface area contributed by atoms with E-state index in [1.807, 2.05) is 0 Å². The summed E-state index contributed by atoms with van der Waals surface area (Å²) in [7, 11) is 0. The molecule has 0 aliphatic heterocycles. The van der Waals surface area contributed by atoms with Crippen LogP contribution in [0.4, 0.5) is 4.39 Å². The van der Waals surface area contributed by atoms with Crippen LogP contribution in [-0.4, -0.2) is 10.1 Å². The number of aliphatic hydroxyl groups is 1. The minimum absolute atomic E-state index is 0.313. The standard InChI is InChI=1S/C13H12FNO/c1-9-5-6-10(8-11(9)14)13(16)12-4-2-3-7-15-12/h2-8,13,16H,1H3. The summed E-state index contributed by atoms with van der Waals surface area (Å²) in [5, 5.41) is 9.98. The zero-order valence-electron chi connectivity index (χ0n) is 8.89. The largest absolute Gasteiger partial charge is 0.382 e. The topological polar surface area (TPSA) is 33.1 Å². The first-order chi connectivity index (χ1) is 7.68. The van der Waals surface area contributed by atoms with Crippen molar-refractivity contribution in [1.29, 1.82) is 0 Å². The molecule has 1 unspecified atom stereocenters. The van der Waals surface area contributed by atoms with Crippen molar-refractivity contribution in [3.05, 3.63) is 65.2 Å². The Kier molecular flexibility index (Phi) is 2.97. The molecule has 2 aromatic rings. The van der Waals surface area contributed by atoms with Gasteiger partial charge in [0.2, 0.25) is 0 Å². The van der Waals surface area contributed by atoms with Gasteiger partial charge in [0.1, 0.15) is 11.9 Å². The number of aryl methyl sites for hydroxylation is 1. The first kappa shape index (κ1) is 10.8. The molecule has 0 aliphatic carbocycles. The van der Waals surface area contributed by atoms with Crippen LogP contribution in [0, 0.1) is 12.7 Å². The van der Waals surface area contributed by atoms with E-state index < -0.39 is 6.10 Å². The molecule has 1 aromatic heterocycles. The number of halogens is 1. The third kappa shape index (κ3) is 2.09. The maximum Gasteiger partial charge on any atom is 0.126 e. The van der Waals surface area contributed by atoms with Gasteiger partial charge in [-0.25, -0.2) is 4.39 Å². The van der Waals surface area contributed by atoms with Gasteiger partial charge in [-0.15, -0.1) is 0 Å². The molecule has 0 bridgehead atoms. The maximum atomic E-state index is 13.3. The van der Waals surface area contributed by atoms with Crippen LogP contribution >= 0.6 is 0 Å². The van der Waals surface area contributed by atoms with Gasteiger partial charge in [-0.1, -0.05) is 18.2 Å². The molecule has 1 N–H and O–H groups in total. The fourth-order valence-electron chi connectivity index (χ4n) is 1.49. The van der Waals surface area contributed by atoms with Gasteiger partial charge in [0.05, 0.1) is 5.69 Å². The molecule has 3 heteroatoms. The Morgan fingerprint density at radius 3 is 2.69 bits per heavy atom. The molecule has 16 heavy (non-hydrogen) atoms. The normalized spacial score (nSPS) is 12.4. The fraction of sp³-hybridized carbons (Fsp3) is 0.154. The zero-order chi connectivity index (χ0) is 11.5. The van der Waals surface area contributed by atoms with E-state index in [0.29, 0.717) is 16.8 Å². The molecule has 1 atom stereocenters. The van der Waals surface area contributed by atoms with Crippen LogP contribution in [0.15, 0.2) is 42.6 Å². The van der Waals surface area contributed by atoms with Gasteiger partial charge in [0.25, 0.3) is 0 Å². The highest BCUT2D eigenvalue weighted by atomic mass is 19.1. The number of nitrogens with zero attached hydrogens (tertiary/aromatic N) is 1. The summed E-state index contributed by atoms with van der Waals surface area (Å²) >= 11 is 0. The SMILES string of the molecule is Cc1ccc(C(O)c2ccccn2)cc1F. The van der Waals surface area contributed by atoms with Crippen LogP contribution in [0.25, 0.3) is 0 Å². The van der Waals surface area contributed by atoms with Crippen molar-refractivity contribution in [2.24, 2.45) is 0 Å². The summed E-state index contributed by atoms with van der Waals surface area (Å²) in [4.78, 5) is 4.03. The lowest BCUT2D eigenvalue weighted by Gasteiger charge is -2.10. The van der Waals surface area contributed by atoms with E-state index in [-0.39, 0.29) is 5.82 Å². The number of aromatic nitrogens is 1. The molecule has 0 saturated carbocycles. The third-order valence-electron chi connectivity index (χ3n) is 2.48. The van der Waals surface area contributed by atoms with Gasteiger partial charge < -0.3 is 5.11 Å². The molecule has 2 rings (SSSR count). The number of pyridine rings is 1. The number of hydrogen-bond donors (Lipinski definition) is 1. The Labute approximate surface area is 93.4 Å². The average Bonchev–Trinajstić information content (AvgIpc) is 2.33. The molecular formula is C13H12FNO. The van der Waals surface area contributed by atoms with Gasteiger partial charge in [0, 0.05) is 6.20 Å². The van der Waals surface area contributed by atoms with E-state index in [4.69, 9.17) is 0 Å². The van der Waals surface area contributed by atoms with Crippen molar-refractivity contribution in [3.8, 4) is 0 Å². The van der Waals surface area contributed by atoms with Crippen LogP contribution in [0.5, 0.6) is 0 Å². The van der Waals surface area contributed by atoms with Crippen LogP contribution in [0.2, 0.25) is 0 Å². The molecular weight excluding hydrogens is 205 g/mol. The minimum Gasteiger partial charge on any atom is -0.382 e. The van der Waals surface area contributed by atoms with E-state index in [0.717, 1.165) is 0 Å². The lowest BCUT2D eigenvalue weighted by atomic mass is 10.0. The van der Waals surface area contributed by atoms with Gasteiger partial charge >= 0.3 is 0 Å². The van der Waals surface area contributed by atoms with Crippen molar-refractivity contribution >= 4 is 0 Å². The average molecular weight is 217 g/mol. The second kappa shape index (κ2) is 4.41. The van der Waals surface area contributed by atoms with E-state index in [1.54, 1.807) is 43.5 Å². The molecule has 2 nitrogen and oxygen atoms in total. The second-order valence-corrected chi connectivity index (χ2v) is 3.67. The van der Waals surface area contributed by atoms with E-state index in [1.165, 1.54) is 6.07 Å². The summed E-state index contributed by atoms with van der Waals surface area (Å²) < 4.78 is 13.3. The quantitative estimate of drug-likeness (QED) is 0.838. The molecule has 1 heterocycles. The van der Waals surface area contributed by atoms with E-state index in [9.17, 15) is 9.50 Å². The first-order valence-corrected chi connectivity index (χ1v) is 5.03. The Bertz CT molecular complexity index is 485. The molecule has 0 saturated heterocycles. The lowest BCUT2D eigenvalue weighted by molar-refractivity contribution is 0.215. The van der Waals surface area contributed by atoms with E-state index in [2.05, 4.69) is 4.98 Å². The molecule has 0 amide bonds. The Morgan fingerprint density at radius 1 is 1.25 bits per heavy atom. The lowest BCUT2D eigenvalue weighted by Crippen LogP contribution is -2.02. The summed E-state index contributed by atoms with van der Waals surface area (Å²) in [5.74, 6) is -0.313. The predicted octanol–water partition coefficient (Wildman–Crippen LogP) is 2.61. The van der Waals surface area contributed by atoms with Gasteiger partial charge in [0.15, 0.2) is 0 Å². The van der Waals surface area contributed by atoms with Crippen molar-refractivity contribution in [1.82, 2.24) is 4.98 Å². The summed E-state index contributed by atoms with van der Waals surface area (Å²) in [6.07, 6.45) is 0.722. The van der Waals surface area contributed by atoms with Crippen LogP contribution < -0.4 is 0 Å². The smallest absolute Gasteiger partial charge is 0.126 e. The van der Waals surface area contributed by atoms with Gasteiger partial charge in [-0.3, -0.25) is 4.98 Å². The molecule has 82 valence electrons. The van der Waals surface area contributed by atoms with Crippen molar-refractivity contribution in [2.45, 2.75) is 13.0 Å². The zero-order valence-corrected chi connectivity index (χ0v) is 8.89. The maximum absolute atomic E-state index is 13.3. The van der Waals surface area contributed by atoms with Crippen LogP contribution in [0.3, 0.4) is 0 Å². The van der Waals surface area contributed by atoms with Gasteiger partial charge in [-0.2, -0.15) is 0 Å². The number of aliphatic hydroxyl groups excluding tert-OH is 1. The molecule has 0 spiro atoms. The molecule has 0 fully saturated rings. The number of rotatable bonds is 2. The Hall–Kier alpha value is -1.74. The van der Waals surface area contributed by atoms with Crippen LogP contribution in [0.1, 0.15) is 22.9 Å². The molecule has 0 radical (unpaired) electrons. The summed E-state index contributed by atoms with van der Waals surface area (Å²) in [5.41, 5.74) is 1.60. The highest BCUT2D eigenvalue weighted by molar-refractivity contribution is 5.29. The number of hydrogen-bond acceptors (Lipinski definition) is 2. The highest BCUT2D eigenvalue weighted by Gasteiger charge is 2.12. The Morgan fingerprint density at radius 2 is 2.06 bits per heavy atom. The third-order valence-corrected chi connectivity index (χ3v) is 2.48. The van der Waals surface area contributed by atoms with Crippen molar-refractivity contribution < 1.29 is 9.50 Å². The van der Waals surface area contributed by atoms with Crippen molar-refractivity contribution in [2.75, 3.05) is 0 Å². The first-order valence-electron chi connectivity index (χ1n) is 5.03. The monoisotopic (exact) mass is 217 g/mol. The highest BCUT2D eigenvalue weighted by Crippen LogP contribution is 2.21. The predicted molar refractivity (Wildman–Crippen MR) is 59.4 cm³/mol. The van der Waals surface area contributed by atoms with E-state index >= 15 is 0 Å². The minimum atomic E-state index is -0.878. The van der Waals surface area contributed by atoms with Crippen LogP contribution in [-0.2, 0) is 0 Å². The summed E-state index contributed by atoms with van der Waals surface area (Å²) in [6, 6.07) is 9.97.